The van der Waals surface area contributed by atoms with Gasteiger partial charge in [0.25, 0.3) is 0 Å². The van der Waals surface area contributed by atoms with Crippen LogP contribution in [0.25, 0.3) is 0 Å². The molecule has 2 heterocycles. The normalized spacial score (nSPS) is 10.3. The molecule has 2 aromatic rings. The molecule has 0 spiro atoms. The summed E-state index contributed by atoms with van der Waals surface area (Å²) in [6.07, 6.45) is 7.24. The van der Waals surface area contributed by atoms with Crippen molar-refractivity contribution in [2.45, 2.75) is 13.1 Å². The van der Waals surface area contributed by atoms with Crippen LogP contribution in [0.2, 0.25) is 0 Å². The van der Waals surface area contributed by atoms with Gasteiger partial charge in [-0.3, -0.25) is 9.48 Å². The van der Waals surface area contributed by atoms with Crippen LogP contribution in [0, 0.1) is 0 Å². The molecule has 0 atom stereocenters. The van der Waals surface area contributed by atoms with Crippen LogP contribution in [0.1, 0.15) is 0 Å². The van der Waals surface area contributed by atoms with Gasteiger partial charge in [-0.2, -0.15) is 5.10 Å². The number of aromatic nitrogens is 3. The predicted molar refractivity (Wildman–Crippen MR) is 52.9 cm³/mol. The molecule has 0 radical (unpaired) electrons. The highest BCUT2D eigenvalue weighted by atomic mass is 16.1. The van der Waals surface area contributed by atoms with Crippen molar-refractivity contribution in [3.05, 3.63) is 53.2 Å². The summed E-state index contributed by atoms with van der Waals surface area (Å²) < 4.78 is 3.82. The fourth-order valence-corrected chi connectivity index (χ4v) is 1.24. The van der Waals surface area contributed by atoms with E-state index in [9.17, 15) is 4.79 Å². The molecule has 0 fully saturated rings. The lowest BCUT2D eigenvalue weighted by Crippen LogP contribution is -2.09. The standard InChI is InChI=1S/C10H11N3O/c14-10-2-6-12(7-3-10)8-9-13-5-1-4-11-13/h1-7H,8-9H2. The minimum Gasteiger partial charge on any atom is -0.352 e. The van der Waals surface area contributed by atoms with E-state index in [4.69, 9.17) is 0 Å². The maximum Gasteiger partial charge on any atom is 0.181 e. The number of hydrogen-bond donors (Lipinski definition) is 0. The Morgan fingerprint density at radius 2 is 1.93 bits per heavy atom. The van der Waals surface area contributed by atoms with Gasteiger partial charge in [0.1, 0.15) is 0 Å². The second-order valence-electron chi connectivity index (χ2n) is 3.04. The van der Waals surface area contributed by atoms with Crippen LogP contribution in [0.3, 0.4) is 0 Å². The number of rotatable bonds is 3. The van der Waals surface area contributed by atoms with Gasteiger partial charge in [0.15, 0.2) is 5.43 Å². The van der Waals surface area contributed by atoms with Crippen molar-refractivity contribution in [3.8, 4) is 0 Å². The summed E-state index contributed by atoms with van der Waals surface area (Å²) in [5.74, 6) is 0. The van der Waals surface area contributed by atoms with Gasteiger partial charge in [-0.05, 0) is 6.07 Å². The lowest BCUT2D eigenvalue weighted by atomic mass is 10.4. The summed E-state index contributed by atoms with van der Waals surface area (Å²) in [6, 6.07) is 5.01. The summed E-state index contributed by atoms with van der Waals surface area (Å²) in [5, 5.41) is 4.09. The maximum atomic E-state index is 10.8. The smallest absolute Gasteiger partial charge is 0.181 e. The van der Waals surface area contributed by atoms with Gasteiger partial charge in [0.05, 0.1) is 6.54 Å². The van der Waals surface area contributed by atoms with Crippen LogP contribution in [0.15, 0.2) is 47.8 Å². The van der Waals surface area contributed by atoms with Crippen molar-refractivity contribution in [2.24, 2.45) is 0 Å². The van der Waals surface area contributed by atoms with Gasteiger partial charge >= 0.3 is 0 Å². The molecule has 0 aliphatic rings. The molecule has 4 heteroatoms. The molecule has 0 aromatic carbocycles. The molecule has 0 saturated carbocycles. The lowest BCUT2D eigenvalue weighted by Gasteiger charge is -2.05. The summed E-state index contributed by atoms with van der Waals surface area (Å²) in [4.78, 5) is 10.8. The van der Waals surface area contributed by atoms with Crippen molar-refractivity contribution in [1.29, 1.82) is 0 Å². The van der Waals surface area contributed by atoms with E-state index in [1.807, 2.05) is 21.5 Å². The highest BCUT2D eigenvalue weighted by molar-refractivity contribution is 4.93. The largest absolute Gasteiger partial charge is 0.352 e. The second-order valence-corrected chi connectivity index (χ2v) is 3.04. The Hall–Kier alpha value is -1.84. The molecule has 0 aliphatic heterocycles. The Morgan fingerprint density at radius 3 is 2.57 bits per heavy atom. The number of nitrogens with zero attached hydrogens (tertiary/aromatic N) is 3. The third kappa shape index (κ3) is 2.10. The van der Waals surface area contributed by atoms with Crippen LogP contribution in [0.5, 0.6) is 0 Å². The first kappa shape index (κ1) is 8.74. The van der Waals surface area contributed by atoms with E-state index in [1.165, 1.54) is 0 Å². The summed E-state index contributed by atoms with van der Waals surface area (Å²) in [6.45, 7) is 1.64. The van der Waals surface area contributed by atoms with Crippen LogP contribution in [-0.4, -0.2) is 14.3 Å². The fourth-order valence-electron chi connectivity index (χ4n) is 1.24. The van der Waals surface area contributed by atoms with Crippen LogP contribution in [0.4, 0.5) is 0 Å². The first-order valence-corrected chi connectivity index (χ1v) is 4.48. The minimum atomic E-state index is 0.0420. The minimum absolute atomic E-state index is 0.0420. The van der Waals surface area contributed by atoms with Crippen LogP contribution < -0.4 is 5.43 Å². The Labute approximate surface area is 81.4 Å². The number of pyridine rings is 1. The van der Waals surface area contributed by atoms with Gasteiger partial charge in [-0.15, -0.1) is 0 Å². The number of aryl methyl sites for hydroxylation is 2. The summed E-state index contributed by atoms with van der Waals surface area (Å²) in [7, 11) is 0. The zero-order chi connectivity index (χ0) is 9.80. The van der Waals surface area contributed by atoms with Gasteiger partial charge in [-0.1, -0.05) is 0 Å². The molecule has 14 heavy (non-hydrogen) atoms. The van der Waals surface area contributed by atoms with Crippen molar-refractivity contribution in [1.82, 2.24) is 14.3 Å². The zero-order valence-corrected chi connectivity index (χ0v) is 7.71. The molecule has 2 rings (SSSR count). The Kier molecular flexibility index (Phi) is 2.44. The lowest BCUT2D eigenvalue weighted by molar-refractivity contribution is 0.531. The van der Waals surface area contributed by atoms with Gasteiger partial charge in [-0.25, -0.2) is 0 Å². The highest BCUT2D eigenvalue weighted by Gasteiger charge is 1.91. The molecule has 0 saturated heterocycles. The molecule has 2 aromatic heterocycles. The van der Waals surface area contributed by atoms with Crippen molar-refractivity contribution in [3.63, 3.8) is 0 Å². The van der Waals surface area contributed by atoms with E-state index in [0.29, 0.717) is 0 Å². The molecular formula is C10H11N3O. The third-order valence-corrected chi connectivity index (χ3v) is 2.01. The topological polar surface area (TPSA) is 39.8 Å². The first-order chi connectivity index (χ1) is 6.84. The SMILES string of the molecule is O=c1ccn(CCn2cccn2)cc1. The maximum absolute atomic E-state index is 10.8. The Balaban J connectivity index is 1.99. The molecule has 0 amide bonds. The molecule has 0 unspecified atom stereocenters. The molecule has 72 valence electrons. The molecule has 0 N–H and O–H groups in total. The Morgan fingerprint density at radius 1 is 1.14 bits per heavy atom. The van der Waals surface area contributed by atoms with Crippen LogP contribution in [-0.2, 0) is 13.1 Å². The first-order valence-electron chi connectivity index (χ1n) is 4.48. The van der Waals surface area contributed by atoms with Crippen molar-refractivity contribution < 1.29 is 0 Å². The molecule has 4 nitrogen and oxygen atoms in total. The van der Waals surface area contributed by atoms with Crippen molar-refractivity contribution in [2.75, 3.05) is 0 Å². The molecule has 0 bridgehead atoms. The Bertz CT molecular complexity index is 424. The zero-order valence-electron chi connectivity index (χ0n) is 7.71. The third-order valence-electron chi connectivity index (χ3n) is 2.01. The van der Waals surface area contributed by atoms with E-state index < -0.39 is 0 Å². The predicted octanol–water partition coefficient (Wildman–Crippen LogP) is 0.745. The van der Waals surface area contributed by atoms with E-state index in [0.717, 1.165) is 13.1 Å². The summed E-state index contributed by atoms with van der Waals surface area (Å²) >= 11 is 0. The number of hydrogen-bond acceptors (Lipinski definition) is 2. The van der Waals surface area contributed by atoms with Gasteiger partial charge in [0.2, 0.25) is 0 Å². The average Bonchev–Trinajstić information content (AvgIpc) is 2.70. The van der Waals surface area contributed by atoms with Crippen molar-refractivity contribution >= 4 is 0 Å². The van der Waals surface area contributed by atoms with Crippen LogP contribution >= 0.6 is 0 Å². The van der Waals surface area contributed by atoms with E-state index in [-0.39, 0.29) is 5.43 Å². The quantitative estimate of drug-likeness (QED) is 0.714. The van der Waals surface area contributed by atoms with E-state index in [2.05, 4.69) is 5.10 Å². The monoisotopic (exact) mass is 189 g/mol. The van der Waals surface area contributed by atoms with E-state index in [1.54, 1.807) is 30.7 Å². The molecule has 0 aliphatic carbocycles. The van der Waals surface area contributed by atoms with Gasteiger partial charge in [0, 0.05) is 43.5 Å². The highest BCUT2D eigenvalue weighted by Crippen LogP contribution is 1.89. The van der Waals surface area contributed by atoms with Gasteiger partial charge < -0.3 is 4.57 Å². The average molecular weight is 189 g/mol. The summed E-state index contributed by atoms with van der Waals surface area (Å²) in [5.41, 5.74) is 0.0420. The fraction of sp³-hybridized carbons (Fsp3) is 0.200. The molecular weight excluding hydrogens is 178 g/mol. The second kappa shape index (κ2) is 3.91. The van der Waals surface area contributed by atoms with E-state index >= 15 is 0 Å².